The molecular weight excluding hydrogens is 540 g/mol. The van der Waals surface area contributed by atoms with E-state index in [4.69, 9.17) is 0 Å². The summed E-state index contributed by atoms with van der Waals surface area (Å²) in [5.74, 6) is -1.03. The predicted molar refractivity (Wildman–Crippen MR) is 161 cm³/mol. The fourth-order valence-corrected chi connectivity index (χ4v) is 4.32. The fraction of sp³-hybridized carbons (Fsp3) is 0.0645. The molecule has 9 nitrogen and oxygen atoms in total. The number of non-ortho nitro benzene ring substituents is 1. The molecule has 0 aliphatic heterocycles. The summed E-state index contributed by atoms with van der Waals surface area (Å²) >= 11 is 1.30. The van der Waals surface area contributed by atoms with Crippen molar-refractivity contribution in [3.05, 3.63) is 136 Å². The first-order valence-electron chi connectivity index (χ1n) is 12.5. The summed E-state index contributed by atoms with van der Waals surface area (Å²) < 4.78 is 0. The van der Waals surface area contributed by atoms with Gasteiger partial charge in [-0.05, 0) is 67.1 Å². The highest BCUT2D eigenvalue weighted by atomic mass is 32.2. The summed E-state index contributed by atoms with van der Waals surface area (Å²) in [4.78, 5) is 49.3. The number of thioether (sulfide) groups is 1. The molecule has 0 atom stereocenters. The van der Waals surface area contributed by atoms with E-state index in [1.54, 1.807) is 60.7 Å². The zero-order valence-electron chi connectivity index (χ0n) is 22.0. The molecule has 0 aromatic heterocycles. The van der Waals surface area contributed by atoms with Gasteiger partial charge in [-0.3, -0.25) is 24.5 Å². The number of amides is 3. The normalized spacial score (nSPS) is 10.9. The summed E-state index contributed by atoms with van der Waals surface area (Å²) in [7, 11) is 0. The van der Waals surface area contributed by atoms with E-state index in [2.05, 4.69) is 16.0 Å². The fourth-order valence-electron chi connectivity index (χ4n) is 3.62. The molecule has 3 N–H and O–H groups in total. The third kappa shape index (κ3) is 8.64. The van der Waals surface area contributed by atoms with Gasteiger partial charge in [0.2, 0.25) is 5.91 Å². The molecule has 3 amide bonds. The van der Waals surface area contributed by atoms with Crippen LogP contribution in [0.5, 0.6) is 0 Å². The van der Waals surface area contributed by atoms with Crippen molar-refractivity contribution in [1.82, 2.24) is 5.32 Å². The van der Waals surface area contributed by atoms with Crippen LogP contribution in [0, 0.1) is 17.0 Å². The zero-order chi connectivity index (χ0) is 29.2. The second-order valence-electron chi connectivity index (χ2n) is 8.91. The Morgan fingerprint density at radius 1 is 0.805 bits per heavy atom. The monoisotopic (exact) mass is 566 g/mol. The van der Waals surface area contributed by atoms with Crippen molar-refractivity contribution in [3.8, 4) is 0 Å². The summed E-state index contributed by atoms with van der Waals surface area (Å²) in [6.07, 6.45) is 1.61. The van der Waals surface area contributed by atoms with E-state index in [0.29, 0.717) is 16.9 Å². The summed E-state index contributed by atoms with van der Waals surface area (Å²) in [6.45, 7) is 1.96. The van der Waals surface area contributed by atoms with E-state index in [1.807, 2.05) is 31.2 Å². The van der Waals surface area contributed by atoms with Gasteiger partial charge in [0, 0.05) is 34.0 Å². The van der Waals surface area contributed by atoms with Crippen molar-refractivity contribution in [1.29, 1.82) is 0 Å². The molecular formula is C31H26N4O5S. The van der Waals surface area contributed by atoms with E-state index < -0.39 is 16.7 Å². The third-order valence-corrected chi connectivity index (χ3v) is 6.77. The molecule has 0 bridgehead atoms. The lowest BCUT2D eigenvalue weighted by Gasteiger charge is -2.12. The van der Waals surface area contributed by atoms with Gasteiger partial charge in [-0.2, -0.15) is 0 Å². The first-order valence-corrected chi connectivity index (χ1v) is 13.5. The molecule has 0 aliphatic carbocycles. The van der Waals surface area contributed by atoms with Crippen LogP contribution in [0.15, 0.2) is 114 Å². The second-order valence-corrected chi connectivity index (χ2v) is 9.96. The average molecular weight is 567 g/mol. The van der Waals surface area contributed by atoms with Gasteiger partial charge in [0.15, 0.2) is 0 Å². The van der Waals surface area contributed by atoms with Crippen molar-refractivity contribution in [3.63, 3.8) is 0 Å². The van der Waals surface area contributed by atoms with Crippen LogP contribution in [0.1, 0.15) is 21.5 Å². The Morgan fingerprint density at radius 3 is 2.05 bits per heavy atom. The van der Waals surface area contributed by atoms with Crippen LogP contribution in [0.4, 0.5) is 17.1 Å². The van der Waals surface area contributed by atoms with E-state index >= 15 is 0 Å². The van der Waals surface area contributed by atoms with Crippen molar-refractivity contribution in [2.45, 2.75) is 11.8 Å². The molecule has 0 heterocycles. The number of carbonyl (C=O) groups excluding carboxylic acids is 3. The molecule has 0 saturated carbocycles. The lowest BCUT2D eigenvalue weighted by molar-refractivity contribution is -0.384. The van der Waals surface area contributed by atoms with Gasteiger partial charge < -0.3 is 16.0 Å². The first kappa shape index (κ1) is 28.8. The number of anilines is 2. The summed E-state index contributed by atoms with van der Waals surface area (Å²) in [5.41, 5.74) is 3.27. The largest absolute Gasteiger partial charge is 0.325 e. The molecule has 4 aromatic carbocycles. The van der Waals surface area contributed by atoms with Gasteiger partial charge in [-0.15, -0.1) is 11.8 Å². The van der Waals surface area contributed by atoms with E-state index in [1.165, 1.54) is 36.0 Å². The number of hydrogen-bond donors (Lipinski definition) is 3. The number of carbonyl (C=O) groups is 3. The summed E-state index contributed by atoms with van der Waals surface area (Å²) in [6, 6.07) is 28.7. The van der Waals surface area contributed by atoms with Crippen LogP contribution in [0.2, 0.25) is 0 Å². The number of nitrogens with zero attached hydrogens (tertiary/aromatic N) is 1. The lowest BCUT2D eigenvalue weighted by atomic mass is 10.1. The lowest BCUT2D eigenvalue weighted by Crippen LogP contribution is -2.30. The summed E-state index contributed by atoms with van der Waals surface area (Å²) in [5, 5.41) is 19.0. The Hall–Kier alpha value is -5.22. The highest BCUT2D eigenvalue weighted by Gasteiger charge is 2.15. The Balaban J connectivity index is 1.37. The van der Waals surface area contributed by atoms with Gasteiger partial charge >= 0.3 is 0 Å². The molecule has 4 aromatic rings. The average Bonchev–Trinajstić information content (AvgIpc) is 2.98. The molecule has 0 spiro atoms. The Kier molecular flexibility index (Phi) is 9.63. The van der Waals surface area contributed by atoms with Crippen molar-refractivity contribution < 1.29 is 19.3 Å². The molecule has 41 heavy (non-hydrogen) atoms. The van der Waals surface area contributed by atoms with Crippen LogP contribution >= 0.6 is 11.8 Å². The number of hydrogen-bond acceptors (Lipinski definition) is 6. The Morgan fingerprint density at radius 2 is 1.41 bits per heavy atom. The van der Waals surface area contributed by atoms with Crippen LogP contribution in [0.25, 0.3) is 6.08 Å². The number of rotatable bonds is 10. The zero-order valence-corrected chi connectivity index (χ0v) is 22.8. The molecule has 0 radical (unpaired) electrons. The maximum atomic E-state index is 13.2. The highest BCUT2D eigenvalue weighted by Crippen LogP contribution is 2.22. The van der Waals surface area contributed by atoms with Crippen LogP contribution < -0.4 is 16.0 Å². The van der Waals surface area contributed by atoms with Gasteiger partial charge in [0.1, 0.15) is 5.70 Å². The third-order valence-electron chi connectivity index (χ3n) is 5.76. The minimum absolute atomic E-state index is 0.0547. The molecule has 206 valence electrons. The standard InChI is InChI=1S/C31H26N4O5S/c1-21-7-9-22(10-8-21)19-28(34-30(37)23-5-3-2-4-6-23)31(38)33-25-13-17-27(18-14-25)41-20-29(36)32-24-11-15-26(16-12-24)35(39)40/h2-19H,20H2,1H3,(H,32,36)(H,33,38)(H,34,37)/b28-19-. The first-order chi connectivity index (χ1) is 19.8. The molecule has 0 saturated heterocycles. The predicted octanol–water partition coefficient (Wildman–Crippen LogP) is 6.04. The Bertz CT molecular complexity index is 1570. The van der Waals surface area contributed by atoms with Crippen molar-refractivity contribution >= 4 is 52.6 Å². The van der Waals surface area contributed by atoms with Gasteiger partial charge in [-0.25, -0.2) is 0 Å². The van der Waals surface area contributed by atoms with E-state index in [0.717, 1.165) is 16.0 Å². The van der Waals surface area contributed by atoms with E-state index in [9.17, 15) is 24.5 Å². The van der Waals surface area contributed by atoms with Gasteiger partial charge in [0.25, 0.3) is 17.5 Å². The molecule has 0 aliphatic rings. The Labute approximate surface area is 240 Å². The van der Waals surface area contributed by atoms with Crippen molar-refractivity contribution in [2.75, 3.05) is 16.4 Å². The molecule has 0 unspecified atom stereocenters. The number of nitrogens with one attached hydrogen (secondary N) is 3. The maximum Gasteiger partial charge on any atom is 0.272 e. The van der Waals surface area contributed by atoms with Gasteiger partial charge in [0.05, 0.1) is 10.7 Å². The van der Waals surface area contributed by atoms with Crippen LogP contribution in [-0.2, 0) is 9.59 Å². The highest BCUT2D eigenvalue weighted by molar-refractivity contribution is 8.00. The number of nitro benzene ring substituents is 1. The SMILES string of the molecule is Cc1ccc(/C=C(\NC(=O)c2ccccc2)C(=O)Nc2ccc(SCC(=O)Nc3ccc([N+](=O)[O-])cc3)cc2)cc1. The van der Waals surface area contributed by atoms with Crippen LogP contribution in [0.3, 0.4) is 0 Å². The van der Waals surface area contributed by atoms with Gasteiger partial charge in [-0.1, -0.05) is 48.0 Å². The number of aryl methyl sites for hydroxylation is 1. The molecule has 0 fully saturated rings. The number of benzene rings is 4. The van der Waals surface area contributed by atoms with Crippen LogP contribution in [-0.4, -0.2) is 28.4 Å². The smallest absolute Gasteiger partial charge is 0.272 e. The quantitative estimate of drug-likeness (QED) is 0.0928. The number of nitro groups is 1. The topological polar surface area (TPSA) is 130 Å². The van der Waals surface area contributed by atoms with E-state index in [-0.39, 0.29) is 23.0 Å². The van der Waals surface area contributed by atoms with Crippen molar-refractivity contribution in [2.24, 2.45) is 0 Å². The minimum atomic E-state index is -0.505. The second kappa shape index (κ2) is 13.7. The molecule has 10 heteroatoms. The minimum Gasteiger partial charge on any atom is -0.325 e. The maximum absolute atomic E-state index is 13.2. The molecule has 4 rings (SSSR count).